The molecule has 2 fully saturated rings. The molecular weight excluding hydrogens is 835 g/mol. The van der Waals surface area contributed by atoms with Crippen molar-refractivity contribution in [1.82, 2.24) is 44.9 Å². The summed E-state index contributed by atoms with van der Waals surface area (Å²) in [5.74, 6) is 1.01. The zero-order chi connectivity index (χ0) is 46.4. The van der Waals surface area contributed by atoms with Gasteiger partial charge in [-0.1, -0.05) is 76.2 Å². The van der Waals surface area contributed by atoms with Crippen LogP contribution in [0.25, 0.3) is 44.7 Å². The predicted octanol–water partition coefficient (Wildman–Crippen LogP) is 8.40. The molecule has 2 aliphatic heterocycles. The van der Waals surface area contributed by atoms with E-state index in [9.17, 15) is 19.2 Å². The predicted molar refractivity (Wildman–Crippen MR) is 251 cm³/mol. The number of benzene rings is 3. The molecule has 2 saturated heterocycles. The highest BCUT2D eigenvalue weighted by Gasteiger charge is 2.39. The average Bonchev–Trinajstić information content (AvgIpc) is 4.19. The lowest BCUT2D eigenvalue weighted by molar-refractivity contribution is -0.136. The van der Waals surface area contributed by atoms with Gasteiger partial charge in [0.15, 0.2) is 0 Å². The van der Waals surface area contributed by atoms with Crippen LogP contribution >= 0.6 is 0 Å². The second-order valence-electron chi connectivity index (χ2n) is 18.6. The summed E-state index contributed by atoms with van der Waals surface area (Å²) in [7, 11) is 4.74. The van der Waals surface area contributed by atoms with E-state index in [1.165, 1.54) is 47.6 Å². The molecule has 4 N–H and O–H groups in total. The molecule has 5 atom stereocenters. The van der Waals surface area contributed by atoms with Crippen molar-refractivity contribution in [2.75, 3.05) is 27.3 Å². The minimum absolute atomic E-state index is 0.0775. The third-order valence-electron chi connectivity index (χ3n) is 13.9. The van der Waals surface area contributed by atoms with Gasteiger partial charge < -0.3 is 44.4 Å². The number of alkyl carbamates (subject to hydrolysis) is 2. The Labute approximate surface area is 384 Å². The van der Waals surface area contributed by atoms with E-state index in [4.69, 9.17) is 19.4 Å². The topological polar surface area (TPSA) is 180 Å². The first-order chi connectivity index (χ1) is 31.9. The Morgan fingerprint density at radius 3 is 1.77 bits per heavy atom. The van der Waals surface area contributed by atoms with Crippen molar-refractivity contribution in [3.8, 4) is 33.8 Å². The van der Waals surface area contributed by atoms with E-state index in [0.717, 1.165) is 71.8 Å². The summed E-state index contributed by atoms with van der Waals surface area (Å²) in [5, 5.41) is 6.64. The summed E-state index contributed by atoms with van der Waals surface area (Å²) >= 11 is 0. The molecule has 15 heteroatoms. The molecule has 0 bridgehead atoms. The molecule has 4 amide bonds. The van der Waals surface area contributed by atoms with Gasteiger partial charge in [0.05, 0.1) is 55.8 Å². The second-order valence-corrected chi connectivity index (χ2v) is 18.6. The zero-order valence-corrected chi connectivity index (χ0v) is 38.7. The fourth-order valence-electron chi connectivity index (χ4n) is 10.5. The Balaban J connectivity index is 1.03. The van der Waals surface area contributed by atoms with Crippen LogP contribution in [0.4, 0.5) is 9.59 Å². The number of carbonyl (C=O) groups is 4. The summed E-state index contributed by atoms with van der Waals surface area (Å²) in [6.07, 6.45) is 6.48. The van der Waals surface area contributed by atoms with Crippen LogP contribution in [-0.2, 0) is 32.5 Å². The molecular formula is C51H59N9O6. The first-order valence-electron chi connectivity index (χ1n) is 23.1. The van der Waals surface area contributed by atoms with Crippen molar-refractivity contribution in [3.05, 3.63) is 107 Å². The number of rotatable bonds is 11. The first-order valence-corrected chi connectivity index (χ1v) is 23.1. The Morgan fingerprint density at radius 2 is 1.24 bits per heavy atom. The fraction of sp³-hybridized carbons (Fsp3) is 0.412. The number of fused-ring (bicyclic) bond motifs is 5. The quantitative estimate of drug-likeness (QED) is 0.100. The first kappa shape index (κ1) is 44.3. The number of hydrogen-bond donors (Lipinski definition) is 4. The van der Waals surface area contributed by atoms with Crippen LogP contribution in [0, 0.1) is 11.8 Å². The van der Waals surface area contributed by atoms with E-state index in [1.807, 2.05) is 49.9 Å². The number of ether oxygens (including phenoxy) is 2. The lowest BCUT2D eigenvalue weighted by Crippen LogP contribution is -2.51. The van der Waals surface area contributed by atoms with Gasteiger partial charge in [0.2, 0.25) is 11.8 Å². The Bertz CT molecular complexity index is 2790. The monoisotopic (exact) mass is 893 g/mol. The van der Waals surface area contributed by atoms with E-state index in [2.05, 4.69) is 98.9 Å². The lowest BCUT2D eigenvalue weighted by Gasteiger charge is -2.30. The van der Waals surface area contributed by atoms with Crippen LogP contribution in [0.1, 0.15) is 99.7 Å². The van der Waals surface area contributed by atoms with Crippen molar-refractivity contribution < 1.29 is 28.7 Å². The summed E-state index contributed by atoms with van der Waals surface area (Å²) < 4.78 is 12.0. The smallest absolute Gasteiger partial charge is 0.407 e. The van der Waals surface area contributed by atoms with Crippen LogP contribution in [-0.4, -0.2) is 97.7 Å². The van der Waals surface area contributed by atoms with E-state index in [1.54, 1.807) is 0 Å². The summed E-state index contributed by atoms with van der Waals surface area (Å²) in [6, 6.07) is 22.1. The number of carbonyl (C=O) groups excluding carboxylic acids is 4. The number of likely N-dealkylation sites (tertiary alicyclic amines) is 2. The standard InChI is InChI=1S/C51H59N9O6/c1-28(2)43(56-50(63)65-6)48(61)59-21-11-15-40(59)46-52-26-37(54-46)31-17-19-34-33(23-31)25-35(30-13-9-8-10-14-30)42-36-24-32(18-20-39(36)58(5)45(34)42)38-27-53-47(55-38)41-16-12-22-60(41)49(62)44(29(3)4)57-51(64)66-7/h8-10,13-14,17-20,23-24,26-29,35,40-41,43-44H,11-12,15-16,21-22,25H2,1-7H3,(H,52,54)(H,53,55)(H,56,63)(H,57,64)/t35?,40-,41-,43-,44-/m0/s1. The average molecular weight is 894 g/mol. The van der Waals surface area contributed by atoms with Crippen LogP contribution < -0.4 is 10.6 Å². The van der Waals surface area contributed by atoms with E-state index in [-0.39, 0.29) is 41.7 Å². The van der Waals surface area contributed by atoms with E-state index < -0.39 is 24.3 Å². The Hall–Kier alpha value is -6.90. The van der Waals surface area contributed by atoms with Gasteiger partial charge in [-0.05, 0) is 84.4 Å². The maximum absolute atomic E-state index is 13.8. The summed E-state index contributed by atoms with van der Waals surface area (Å²) in [6.45, 7) is 8.82. The van der Waals surface area contributed by atoms with Gasteiger partial charge in [0, 0.05) is 48.1 Å². The minimum Gasteiger partial charge on any atom is -0.453 e. The van der Waals surface area contributed by atoms with Gasteiger partial charge in [-0.25, -0.2) is 19.6 Å². The van der Waals surface area contributed by atoms with Gasteiger partial charge in [0.1, 0.15) is 23.7 Å². The highest BCUT2D eigenvalue weighted by Crippen LogP contribution is 2.49. The minimum atomic E-state index is -0.707. The number of imidazole rings is 2. The number of nitrogens with zero attached hydrogens (tertiary/aromatic N) is 5. The number of aromatic amines is 2. The van der Waals surface area contributed by atoms with Gasteiger partial charge >= 0.3 is 12.2 Å². The third kappa shape index (κ3) is 8.08. The molecule has 3 aromatic carbocycles. The lowest BCUT2D eigenvalue weighted by atomic mass is 9.77. The summed E-state index contributed by atoms with van der Waals surface area (Å²) in [5.41, 5.74) is 11.0. The number of aromatic nitrogens is 5. The Kier molecular flexibility index (Phi) is 12.2. The molecule has 1 aliphatic carbocycles. The largest absolute Gasteiger partial charge is 0.453 e. The zero-order valence-electron chi connectivity index (χ0n) is 38.7. The van der Waals surface area contributed by atoms with Gasteiger partial charge in [0.25, 0.3) is 0 Å². The highest BCUT2D eigenvalue weighted by atomic mass is 16.5. The molecule has 3 aliphatic rings. The van der Waals surface area contributed by atoms with Crippen molar-refractivity contribution in [3.63, 3.8) is 0 Å². The molecule has 0 saturated carbocycles. The second kappa shape index (κ2) is 18.2. The number of hydrogen-bond acceptors (Lipinski definition) is 8. The molecule has 6 aromatic rings. The van der Waals surface area contributed by atoms with Crippen molar-refractivity contribution in [1.29, 1.82) is 0 Å². The molecule has 66 heavy (non-hydrogen) atoms. The van der Waals surface area contributed by atoms with Gasteiger partial charge in [-0.15, -0.1) is 0 Å². The molecule has 1 unspecified atom stereocenters. The normalized spacial score (nSPS) is 18.9. The molecule has 3 aromatic heterocycles. The van der Waals surface area contributed by atoms with Gasteiger partial charge in [-0.2, -0.15) is 0 Å². The van der Waals surface area contributed by atoms with E-state index in [0.29, 0.717) is 13.1 Å². The maximum Gasteiger partial charge on any atom is 0.407 e. The number of aryl methyl sites for hydroxylation is 1. The third-order valence-corrected chi connectivity index (χ3v) is 13.9. The Morgan fingerprint density at radius 1 is 0.712 bits per heavy atom. The van der Waals surface area contributed by atoms with Crippen LogP contribution in [0.5, 0.6) is 0 Å². The van der Waals surface area contributed by atoms with Crippen molar-refractivity contribution >= 4 is 34.9 Å². The summed E-state index contributed by atoms with van der Waals surface area (Å²) in [4.78, 5) is 72.4. The molecule has 344 valence electrons. The number of methoxy groups -OCH3 is 2. The van der Waals surface area contributed by atoms with Crippen molar-refractivity contribution in [2.45, 2.75) is 89.9 Å². The molecule has 0 radical (unpaired) electrons. The fourth-order valence-corrected chi connectivity index (χ4v) is 10.5. The van der Waals surface area contributed by atoms with Crippen molar-refractivity contribution in [2.24, 2.45) is 18.9 Å². The molecule has 0 spiro atoms. The SMILES string of the molecule is COC(=O)N[C@H](C(=O)N1CCC[C@H]1c1ncc(-c2ccc3c(c2)CC(c2ccccc2)c2c-3n(C)c3ccc(-c4cnc([C@@H]5CCCN5C(=O)[C@@H](NC(=O)OC)C(C)C)[nH]4)cc23)[nH]1)C(C)C. The molecule has 15 nitrogen and oxygen atoms in total. The highest BCUT2D eigenvalue weighted by molar-refractivity contribution is 5.97. The van der Waals surface area contributed by atoms with Crippen LogP contribution in [0.2, 0.25) is 0 Å². The van der Waals surface area contributed by atoms with Crippen LogP contribution in [0.3, 0.4) is 0 Å². The molecule has 9 rings (SSSR count). The van der Waals surface area contributed by atoms with Gasteiger partial charge in [-0.3, -0.25) is 9.59 Å². The van der Waals surface area contributed by atoms with E-state index >= 15 is 0 Å². The number of nitrogens with one attached hydrogen (secondary N) is 4. The molecule has 5 heterocycles. The number of amides is 4. The van der Waals surface area contributed by atoms with Crippen LogP contribution in [0.15, 0.2) is 79.1 Å². The number of H-pyrrole nitrogens is 2. The maximum atomic E-state index is 13.8.